The van der Waals surface area contributed by atoms with E-state index >= 15 is 0 Å². The van der Waals surface area contributed by atoms with E-state index in [0.717, 1.165) is 23.7 Å². The molecule has 1 fully saturated rings. The van der Waals surface area contributed by atoms with E-state index in [1.54, 1.807) is 33.1 Å². The second kappa shape index (κ2) is 9.75. The topological polar surface area (TPSA) is 65.1 Å². The molecule has 1 aliphatic heterocycles. The molecule has 1 saturated heterocycles. The molecule has 0 aliphatic carbocycles. The lowest BCUT2D eigenvalue weighted by Crippen LogP contribution is -2.42. The van der Waals surface area contributed by atoms with Gasteiger partial charge in [0.1, 0.15) is 10.4 Å². The second-order valence-corrected chi connectivity index (χ2v) is 7.41. The van der Waals surface area contributed by atoms with Gasteiger partial charge in [-0.15, -0.1) is 0 Å². The van der Waals surface area contributed by atoms with Gasteiger partial charge < -0.3 is 14.2 Å². The first-order chi connectivity index (χ1) is 12.9. The van der Waals surface area contributed by atoms with E-state index in [1.165, 1.54) is 4.90 Å². The Morgan fingerprint density at radius 1 is 1.33 bits per heavy atom. The SMILES string of the molecule is CCCOc1ccc(/C=C2\SC(=S)N(C(C)C(=O)OCC)C2=O)cc1OC. The van der Waals surface area contributed by atoms with Crippen LogP contribution in [0.2, 0.25) is 0 Å². The summed E-state index contributed by atoms with van der Waals surface area (Å²) >= 11 is 6.44. The van der Waals surface area contributed by atoms with Gasteiger partial charge in [0, 0.05) is 0 Å². The van der Waals surface area contributed by atoms with Gasteiger partial charge in [-0.3, -0.25) is 9.69 Å². The maximum Gasteiger partial charge on any atom is 0.329 e. The van der Waals surface area contributed by atoms with Crippen LogP contribution in [0.15, 0.2) is 23.1 Å². The molecule has 0 bridgehead atoms. The number of methoxy groups -OCH3 is 1. The highest BCUT2D eigenvalue weighted by molar-refractivity contribution is 8.26. The predicted molar refractivity (Wildman–Crippen MR) is 110 cm³/mol. The molecule has 146 valence electrons. The maximum atomic E-state index is 12.7. The molecule has 27 heavy (non-hydrogen) atoms. The third-order valence-corrected chi connectivity index (χ3v) is 5.12. The molecule has 1 aromatic rings. The van der Waals surface area contributed by atoms with Crippen molar-refractivity contribution in [2.24, 2.45) is 0 Å². The number of hydrogen-bond acceptors (Lipinski definition) is 7. The van der Waals surface area contributed by atoms with Crippen molar-refractivity contribution in [3.8, 4) is 11.5 Å². The van der Waals surface area contributed by atoms with E-state index in [0.29, 0.717) is 27.3 Å². The van der Waals surface area contributed by atoms with E-state index in [9.17, 15) is 9.59 Å². The van der Waals surface area contributed by atoms with Crippen LogP contribution in [-0.4, -0.2) is 47.5 Å². The minimum Gasteiger partial charge on any atom is -0.493 e. The summed E-state index contributed by atoms with van der Waals surface area (Å²) in [6, 6.07) is 4.69. The highest BCUT2D eigenvalue weighted by Crippen LogP contribution is 2.35. The Hall–Kier alpha value is -2.06. The molecule has 0 spiro atoms. The number of rotatable bonds is 8. The second-order valence-electron chi connectivity index (χ2n) is 5.74. The first-order valence-electron chi connectivity index (χ1n) is 8.67. The highest BCUT2D eigenvalue weighted by Gasteiger charge is 2.38. The molecule has 0 saturated carbocycles. The number of thiocarbonyl (C=S) groups is 1. The Labute approximate surface area is 168 Å². The van der Waals surface area contributed by atoms with Crippen LogP contribution >= 0.6 is 24.0 Å². The highest BCUT2D eigenvalue weighted by atomic mass is 32.2. The molecule has 1 heterocycles. The van der Waals surface area contributed by atoms with Crippen LogP contribution in [0.4, 0.5) is 0 Å². The molecule has 1 atom stereocenters. The van der Waals surface area contributed by atoms with Crippen molar-refractivity contribution in [3.05, 3.63) is 28.7 Å². The van der Waals surface area contributed by atoms with Gasteiger partial charge in [-0.1, -0.05) is 37.0 Å². The zero-order valence-electron chi connectivity index (χ0n) is 15.8. The molecule has 0 aromatic heterocycles. The average Bonchev–Trinajstić information content (AvgIpc) is 2.93. The van der Waals surface area contributed by atoms with Crippen LogP contribution in [0.1, 0.15) is 32.8 Å². The molecule has 1 aliphatic rings. The zero-order chi connectivity index (χ0) is 20.0. The Morgan fingerprint density at radius 2 is 2.07 bits per heavy atom. The first kappa shape index (κ1) is 21.2. The molecule has 1 unspecified atom stereocenters. The van der Waals surface area contributed by atoms with Crippen LogP contribution in [0, 0.1) is 0 Å². The third kappa shape index (κ3) is 5.01. The Morgan fingerprint density at radius 3 is 2.70 bits per heavy atom. The van der Waals surface area contributed by atoms with Crippen molar-refractivity contribution in [3.63, 3.8) is 0 Å². The lowest BCUT2D eigenvalue weighted by atomic mass is 10.1. The summed E-state index contributed by atoms with van der Waals surface area (Å²) in [4.78, 5) is 26.4. The quantitative estimate of drug-likeness (QED) is 0.369. The van der Waals surface area contributed by atoms with Crippen LogP contribution < -0.4 is 9.47 Å². The molecule has 2 rings (SSSR count). The molecule has 8 heteroatoms. The fourth-order valence-corrected chi connectivity index (χ4v) is 3.86. The van der Waals surface area contributed by atoms with Gasteiger partial charge >= 0.3 is 5.97 Å². The number of ether oxygens (including phenoxy) is 3. The zero-order valence-corrected chi connectivity index (χ0v) is 17.4. The maximum absolute atomic E-state index is 12.7. The van der Waals surface area contributed by atoms with Crippen molar-refractivity contribution in [2.75, 3.05) is 20.3 Å². The smallest absolute Gasteiger partial charge is 0.329 e. The van der Waals surface area contributed by atoms with Gasteiger partial charge in [0.05, 0.1) is 25.2 Å². The van der Waals surface area contributed by atoms with Gasteiger partial charge in [0.15, 0.2) is 11.5 Å². The van der Waals surface area contributed by atoms with Gasteiger partial charge in [0.2, 0.25) is 0 Å². The van der Waals surface area contributed by atoms with E-state index in [2.05, 4.69) is 0 Å². The molecular formula is C19H23NO5S2. The number of carbonyl (C=O) groups is 2. The average molecular weight is 410 g/mol. The number of hydrogen-bond donors (Lipinski definition) is 0. The fraction of sp³-hybridized carbons (Fsp3) is 0.421. The number of benzene rings is 1. The number of nitrogens with zero attached hydrogens (tertiary/aromatic N) is 1. The van der Waals surface area contributed by atoms with Crippen LogP contribution in [0.3, 0.4) is 0 Å². The van der Waals surface area contributed by atoms with Crippen molar-refractivity contribution in [2.45, 2.75) is 33.2 Å². The van der Waals surface area contributed by atoms with Crippen LogP contribution in [-0.2, 0) is 14.3 Å². The molecule has 1 aromatic carbocycles. The standard InChI is InChI=1S/C19H23NO5S2/c1-5-9-25-14-8-7-13(10-15(14)23-4)11-16-17(21)20(19(26)27-16)12(3)18(22)24-6-2/h7-8,10-12H,5-6,9H2,1-4H3/b16-11-. The van der Waals surface area contributed by atoms with Gasteiger partial charge in [-0.05, 0) is 44.0 Å². The summed E-state index contributed by atoms with van der Waals surface area (Å²) in [5.41, 5.74) is 0.778. The Kier molecular flexibility index (Phi) is 7.67. The summed E-state index contributed by atoms with van der Waals surface area (Å²) in [7, 11) is 1.57. The number of esters is 1. The Bertz CT molecular complexity index is 762. The first-order valence-corrected chi connectivity index (χ1v) is 9.89. The largest absolute Gasteiger partial charge is 0.493 e. The van der Waals surface area contributed by atoms with Crippen molar-refractivity contribution < 1.29 is 23.8 Å². The minimum atomic E-state index is -0.761. The fourth-order valence-electron chi connectivity index (χ4n) is 2.44. The number of thioether (sulfide) groups is 1. The molecule has 0 N–H and O–H groups in total. The number of amides is 1. The van der Waals surface area contributed by atoms with Gasteiger partial charge in [-0.25, -0.2) is 4.79 Å². The lowest BCUT2D eigenvalue weighted by Gasteiger charge is -2.21. The van der Waals surface area contributed by atoms with Crippen molar-refractivity contribution in [1.82, 2.24) is 4.90 Å². The molecule has 6 nitrogen and oxygen atoms in total. The van der Waals surface area contributed by atoms with Crippen molar-refractivity contribution in [1.29, 1.82) is 0 Å². The summed E-state index contributed by atoms with van der Waals surface area (Å²) in [5.74, 6) is 0.456. The van der Waals surface area contributed by atoms with Crippen LogP contribution in [0.25, 0.3) is 6.08 Å². The minimum absolute atomic E-state index is 0.250. The third-order valence-electron chi connectivity index (χ3n) is 3.79. The van der Waals surface area contributed by atoms with Crippen molar-refractivity contribution >= 4 is 46.3 Å². The predicted octanol–water partition coefficient (Wildman–Crippen LogP) is 3.64. The van der Waals surface area contributed by atoms with Crippen LogP contribution in [0.5, 0.6) is 11.5 Å². The molecular weight excluding hydrogens is 386 g/mol. The summed E-state index contributed by atoms with van der Waals surface area (Å²) in [6.07, 6.45) is 2.62. The van der Waals surface area contributed by atoms with E-state index in [1.807, 2.05) is 19.1 Å². The summed E-state index contributed by atoms with van der Waals surface area (Å²) in [6.45, 7) is 6.20. The number of carbonyl (C=O) groups excluding carboxylic acids is 2. The Balaban J connectivity index is 2.23. The van der Waals surface area contributed by atoms with Gasteiger partial charge in [0.25, 0.3) is 5.91 Å². The molecule has 1 amide bonds. The van der Waals surface area contributed by atoms with E-state index < -0.39 is 12.0 Å². The summed E-state index contributed by atoms with van der Waals surface area (Å²) in [5, 5.41) is 0. The monoisotopic (exact) mass is 409 g/mol. The van der Waals surface area contributed by atoms with E-state index in [4.69, 9.17) is 26.4 Å². The van der Waals surface area contributed by atoms with Gasteiger partial charge in [-0.2, -0.15) is 0 Å². The molecule has 0 radical (unpaired) electrons. The van der Waals surface area contributed by atoms with E-state index in [-0.39, 0.29) is 12.5 Å². The normalized spacial score (nSPS) is 16.6. The lowest BCUT2D eigenvalue weighted by molar-refractivity contribution is -0.149. The summed E-state index contributed by atoms with van der Waals surface area (Å²) < 4.78 is 16.3.